The molecular weight excluding hydrogens is 713 g/mol. The van der Waals surface area contributed by atoms with Gasteiger partial charge in [0.1, 0.15) is 19.8 Å². The fourth-order valence-corrected chi connectivity index (χ4v) is 6.90. The first-order valence-electron chi connectivity index (χ1n) is 22.6. The van der Waals surface area contributed by atoms with Crippen molar-refractivity contribution in [2.24, 2.45) is 0 Å². The summed E-state index contributed by atoms with van der Waals surface area (Å²) < 4.78 is 34.3. The number of likely N-dealkylation sites (N-methyl/N-ethyl adjacent to an activating group) is 1. The van der Waals surface area contributed by atoms with E-state index in [1.165, 1.54) is 116 Å². The van der Waals surface area contributed by atoms with Crippen molar-refractivity contribution in [3.63, 3.8) is 0 Å². The van der Waals surface area contributed by atoms with Crippen LogP contribution in [0.25, 0.3) is 0 Å². The van der Waals surface area contributed by atoms with Crippen molar-refractivity contribution in [1.82, 2.24) is 0 Å². The minimum Gasteiger partial charge on any atom is -0.462 e. The Kier molecular flexibility index (Phi) is 37.0. The number of allylic oxidation sites excluding steroid dienone is 4. The van der Waals surface area contributed by atoms with Gasteiger partial charge in [0.2, 0.25) is 0 Å². The SMILES string of the molecule is CCCCCC/C=C\C/C=C\CCCCCCCCCC(=O)OC(COC(=O)CCCCCCCCCCCCCCC)COP(=O)(O)OCC[N+](C)(C)C. The van der Waals surface area contributed by atoms with Crippen LogP contribution in [0.3, 0.4) is 0 Å². The minimum atomic E-state index is -4.37. The second-order valence-electron chi connectivity index (χ2n) is 16.4. The molecule has 55 heavy (non-hydrogen) atoms. The topological polar surface area (TPSA) is 108 Å². The van der Waals surface area contributed by atoms with Gasteiger partial charge in [-0.15, -0.1) is 0 Å². The lowest BCUT2D eigenvalue weighted by Crippen LogP contribution is -2.37. The maximum Gasteiger partial charge on any atom is 0.472 e. The van der Waals surface area contributed by atoms with E-state index in [2.05, 4.69) is 38.2 Å². The summed E-state index contributed by atoms with van der Waals surface area (Å²) in [5.74, 6) is -0.801. The van der Waals surface area contributed by atoms with Crippen molar-refractivity contribution < 1.29 is 42.1 Å². The summed E-state index contributed by atoms with van der Waals surface area (Å²) in [6.45, 7) is 4.41. The minimum absolute atomic E-state index is 0.0318. The Morgan fingerprint density at radius 1 is 0.564 bits per heavy atom. The van der Waals surface area contributed by atoms with Crippen LogP contribution in [0.5, 0.6) is 0 Å². The number of ether oxygens (including phenoxy) is 2. The average molecular weight is 801 g/mol. The lowest BCUT2D eigenvalue weighted by atomic mass is 10.0. The molecule has 0 radical (unpaired) electrons. The predicted molar refractivity (Wildman–Crippen MR) is 229 cm³/mol. The second-order valence-corrected chi connectivity index (χ2v) is 17.9. The van der Waals surface area contributed by atoms with Gasteiger partial charge < -0.3 is 18.9 Å². The number of carbonyl (C=O) groups is 2. The zero-order chi connectivity index (χ0) is 40.7. The molecule has 10 heteroatoms. The molecule has 2 unspecified atom stereocenters. The van der Waals surface area contributed by atoms with Crippen molar-refractivity contribution in [3.8, 4) is 0 Å². The largest absolute Gasteiger partial charge is 0.472 e. The van der Waals surface area contributed by atoms with E-state index in [-0.39, 0.29) is 25.6 Å². The number of carbonyl (C=O) groups excluding carboxylic acids is 2. The Bertz CT molecular complexity index is 996. The highest BCUT2D eigenvalue weighted by Crippen LogP contribution is 2.43. The van der Waals surface area contributed by atoms with Gasteiger partial charge in [-0.25, -0.2) is 4.57 Å². The molecule has 2 atom stereocenters. The first-order chi connectivity index (χ1) is 26.5. The summed E-state index contributed by atoms with van der Waals surface area (Å²) in [5, 5.41) is 0. The number of esters is 2. The van der Waals surface area contributed by atoms with Crippen LogP contribution in [0.1, 0.15) is 200 Å². The van der Waals surface area contributed by atoms with Gasteiger partial charge in [-0.3, -0.25) is 18.6 Å². The highest BCUT2D eigenvalue weighted by Gasteiger charge is 2.27. The van der Waals surface area contributed by atoms with Crippen LogP contribution in [0.15, 0.2) is 24.3 Å². The Morgan fingerprint density at radius 3 is 1.45 bits per heavy atom. The molecule has 9 nitrogen and oxygen atoms in total. The number of phosphoric ester groups is 1. The maximum absolute atomic E-state index is 12.7. The van der Waals surface area contributed by atoms with E-state index in [9.17, 15) is 19.0 Å². The fourth-order valence-electron chi connectivity index (χ4n) is 6.16. The van der Waals surface area contributed by atoms with E-state index in [0.29, 0.717) is 23.9 Å². The van der Waals surface area contributed by atoms with Gasteiger partial charge in [0.05, 0.1) is 27.7 Å². The van der Waals surface area contributed by atoms with Crippen molar-refractivity contribution >= 4 is 19.8 Å². The summed E-state index contributed by atoms with van der Waals surface area (Å²) in [5.41, 5.74) is 0. The van der Waals surface area contributed by atoms with Crippen LogP contribution in [0.2, 0.25) is 0 Å². The predicted octanol–water partition coefficient (Wildman–Crippen LogP) is 12.7. The van der Waals surface area contributed by atoms with Crippen molar-refractivity contribution in [3.05, 3.63) is 24.3 Å². The molecule has 0 rings (SSSR count). The van der Waals surface area contributed by atoms with Gasteiger partial charge in [-0.05, 0) is 44.9 Å². The van der Waals surface area contributed by atoms with Crippen LogP contribution in [0, 0.1) is 0 Å². The Balaban J connectivity index is 4.34. The Morgan fingerprint density at radius 2 is 0.982 bits per heavy atom. The zero-order valence-corrected chi connectivity index (χ0v) is 37.3. The number of quaternary nitrogens is 1. The highest BCUT2D eigenvalue weighted by molar-refractivity contribution is 7.47. The zero-order valence-electron chi connectivity index (χ0n) is 36.4. The van der Waals surface area contributed by atoms with Crippen LogP contribution in [-0.2, 0) is 32.7 Å². The van der Waals surface area contributed by atoms with Crippen LogP contribution in [0.4, 0.5) is 0 Å². The van der Waals surface area contributed by atoms with Gasteiger partial charge in [0.25, 0.3) is 0 Å². The molecule has 0 aliphatic rings. The third-order valence-corrected chi connectivity index (χ3v) is 10.7. The monoisotopic (exact) mass is 801 g/mol. The number of unbranched alkanes of at least 4 members (excludes halogenated alkanes) is 23. The lowest BCUT2D eigenvalue weighted by Gasteiger charge is -2.24. The molecule has 1 N–H and O–H groups in total. The van der Waals surface area contributed by atoms with Gasteiger partial charge in [-0.1, -0.05) is 167 Å². The van der Waals surface area contributed by atoms with Crippen molar-refractivity contribution in [2.75, 3.05) is 47.5 Å². The Labute approximate surface area is 339 Å². The molecule has 0 spiro atoms. The number of rotatable bonds is 41. The number of hydrogen-bond donors (Lipinski definition) is 1. The molecule has 0 saturated heterocycles. The first kappa shape index (κ1) is 53.5. The first-order valence-corrected chi connectivity index (χ1v) is 24.1. The summed E-state index contributed by atoms with van der Waals surface area (Å²) in [4.78, 5) is 35.4. The Hall–Kier alpha value is -1.51. The average Bonchev–Trinajstić information content (AvgIpc) is 3.13. The molecule has 0 fully saturated rings. The molecule has 0 saturated carbocycles. The van der Waals surface area contributed by atoms with Crippen molar-refractivity contribution in [1.29, 1.82) is 0 Å². The quantitative estimate of drug-likeness (QED) is 0.0214. The number of phosphoric acid groups is 1. The van der Waals surface area contributed by atoms with Crippen LogP contribution in [-0.4, -0.2) is 74.9 Å². The number of nitrogens with zero attached hydrogens (tertiary/aromatic N) is 1. The molecule has 0 aliphatic heterocycles. The third-order valence-electron chi connectivity index (χ3n) is 9.73. The molecule has 0 aromatic heterocycles. The number of hydrogen-bond acceptors (Lipinski definition) is 7. The molecule has 0 aromatic rings. The summed E-state index contributed by atoms with van der Waals surface area (Å²) in [6.07, 6.45) is 40.7. The summed E-state index contributed by atoms with van der Waals surface area (Å²) in [6, 6.07) is 0. The normalized spacial score (nSPS) is 13.8. The third kappa shape index (κ3) is 41.9. The van der Waals surface area contributed by atoms with Crippen molar-refractivity contribution in [2.45, 2.75) is 206 Å². The van der Waals surface area contributed by atoms with Gasteiger partial charge in [0.15, 0.2) is 6.10 Å². The van der Waals surface area contributed by atoms with Crippen LogP contribution >= 0.6 is 7.82 Å². The van der Waals surface area contributed by atoms with Gasteiger partial charge >= 0.3 is 19.8 Å². The van der Waals surface area contributed by atoms with E-state index >= 15 is 0 Å². The maximum atomic E-state index is 12.7. The van der Waals surface area contributed by atoms with Gasteiger partial charge in [-0.2, -0.15) is 0 Å². The van der Waals surface area contributed by atoms with Gasteiger partial charge in [0, 0.05) is 12.8 Å². The smallest absolute Gasteiger partial charge is 0.462 e. The van der Waals surface area contributed by atoms with E-state index in [0.717, 1.165) is 51.4 Å². The molecule has 0 heterocycles. The lowest BCUT2D eigenvalue weighted by molar-refractivity contribution is -0.870. The fraction of sp³-hybridized carbons (Fsp3) is 0.867. The summed E-state index contributed by atoms with van der Waals surface area (Å²) >= 11 is 0. The highest BCUT2D eigenvalue weighted by atomic mass is 31.2. The van der Waals surface area contributed by atoms with E-state index in [1.807, 2.05) is 21.1 Å². The van der Waals surface area contributed by atoms with E-state index in [1.54, 1.807) is 0 Å². The second kappa shape index (κ2) is 38.0. The standard InChI is InChI=1S/C45H86NO8P/c1-6-8-10-12-14-16-18-20-21-22-23-24-26-28-30-32-34-36-38-45(48)54-43(42-53-55(49,50)52-40-39-46(3,4)5)41-51-44(47)37-35-33-31-29-27-25-19-17-15-13-11-9-7-2/h16,18,21-22,43H,6-15,17,19-20,23-42H2,1-5H3/p+1/b18-16-,22-21-. The molecule has 0 amide bonds. The molecule has 0 aromatic carbocycles. The van der Waals surface area contributed by atoms with E-state index < -0.39 is 26.5 Å². The molecule has 324 valence electrons. The van der Waals surface area contributed by atoms with Crippen LogP contribution < -0.4 is 0 Å². The summed E-state index contributed by atoms with van der Waals surface area (Å²) in [7, 11) is 1.48. The molecule has 0 bridgehead atoms. The van der Waals surface area contributed by atoms with E-state index in [4.69, 9.17) is 18.5 Å². The molecular formula is C45H87NO8P+. The molecule has 0 aliphatic carbocycles.